The van der Waals surface area contributed by atoms with Crippen LogP contribution >= 0.6 is 11.8 Å². The molecule has 0 saturated carbocycles. The summed E-state index contributed by atoms with van der Waals surface area (Å²) in [4.78, 5) is 1.32. The van der Waals surface area contributed by atoms with Crippen LogP contribution in [-0.2, 0) is 4.74 Å². The highest BCUT2D eigenvalue weighted by Gasteiger charge is 2.03. The van der Waals surface area contributed by atoms with E-state index in [-0.39, 0.29) is 0 Å². The first-order valence-corrected chi connectivity index (χ1v) is 7.80. The van der Waals surface area contributed by atoms with Gasteiger partial charge in [0, 0.05) is 23.3 Å². The van der Waals surface area contributed by atoms with Gasteiger partial charge in [0.2, 0.25) is 0 Å². The summed E-state index contributed by atoms with van der Waals surface area (Å²) < 4.78 is 5.33. The van der Waals surface area contributed by atoms with Crippen LogP contribution in [-0.4, -0.2) is 25.5 Å². The second kappa shape index (κ2) is 9.42. The van der Waals surface area contributed by atoms with Crippen molar-refractivity contribution < 1.29 is 4.74 Å². The van der Waals surface area contributed by atoms with Crippen molar-refractivity contribution in [3.05, 3.63) is 29.8 Å². The van der Waals surface area contributed by atoms with E-state index in [0.29, 0.717) is 6.04 Å². The Kier molecular flexibility index (Phi) is 8.14. The summed E-state index contributed by atoms with van der Waals surface area (Å²) in [7, 11) is 0. The predicted octanol–water partition coefficient (Wildman–Crippen LogP) is 3.88. The number of hydrogen-bond acceptors (Lipinski definition) is 3. The summed E-state index contributed by atoms with van der Waals surface area (Å²) in [5, 5.41) is 3.50. The molecule has 1 atom stereocenters. The van der Waals surface area contributed by atoms with Crippen molar-refractivity contribution in [3.8, 4) is 0 Å². The highest BCUT2D eigenvalue weighted by atomic mass is 32.2. The molecule has 102 valence electrons. The quantitative estimate of drug-likeness (QED) is 0.542. The van der Waals surface area contributed by atoms with Crippen LogP contribution in [0.3, 0.4) is 0 Å². The Bertz CT molecular complexity index is 313. The fourth-order valence-corrected chi connectivity index (χ4v) is 2.46. The molecule has 3 heteroatoms. The van der Waals surface area contributed by atoms with Crippen molar-refractivity contribution in [1.29, 1.82) is 0 Å². The Balaban J connectivity index is 2.37. The first-order valence-electron chi connectivity index (χ1n) is 6.81. The maximum absolute atomic E-state index is 5.33. The second-order valence-electron chi connectivity index (χ2n) is 4.29. The van der Waals surface area contributed by atoms with Gasteiger partial charge in [0.1, 0.15) is 0 Å². The second-order valence-corrected chi connectivity index (χ2v) is 5.46. The van der Waals surface area contributed by atoms with Crippen molar-refractivity contribution >= 4 is 11.8 Å². The van der Waals surface area contributed by atoms with Crippen LogP contribution in [0, 0.1) is 0 Å². The van der Waals surface area contributed by atoms with Gasteiger partial charge in [-0.3, -0.25) is 0 Å². The third-order valence-corrected chi connectivity index (χ3v) is 3.76. The molecule has 0 spiro atoms. The molecule has 0 radical (unpaired) electrons. The highest BCUT2D eigenvalue weighted by Crippen LogP contribution is 2.20. The number of hydrogen-bond donors (Lipinski definition) is 1. The molecule has 0 aliphatic carbocycles. The lowest BCUT2D eigenvalue weighted by Crippen LogP contribution is -2.19. The zero-order valence-electron chi connectivity index (χ0n) is 11.7. The van der Waals surface area contributed by atoms with E-state index in [1.807, 2.05) is 18.7 Å². The smallest absolute Gasteiger partial charge is 0.0560 e. The lowest BCUT2D eigenvalue weighted by Gasteiger charge is -2.14. The number of ether oxygens (including phenoxy) is 1. The van der Waals surface area contributed by atoms with Crippen LogP contribution in [0.2, 0.25) is 0 Å². The van der Waals surface area contributed by atoms with Gasteiger partial charge in [0.25, 0.3) is 0 Å². The van der Waals surface area contributed by atoms with Gasteiger partial charge >= 0.3 is 0 Å². The van der Waals surface area contributed by atoms with E-state index in [0.717, 1.165) is 25.5 Å². The van der Waals surface area contributed by atoms with Crippen molar-refractivity contribution in [2.75, 3.05) is 25.5 Å². The minimum atomic E-state index is 0.437. The van der Waals surface area contributed by atoms with Crippen LogP contribution in [0.15, 0.2) is 29.2 Å². The van der Waals surface area contributed by atoms with Crippen molar-refractivity contribution in [3.63, 3.8) is 0 Å². The molecule has 0 heterocycles. The highest BCUT2D eigenvalue weighted by molar-refractivity contribution is 7.99. The first kappa shape index (κ1) is 15.5. The third kappa shape index (κ3) is 5.89. The lowest BCUT2D eigenvalue weighted by atomic mass is 10.1. The molecule has 1 rings (SSSR count). The van der Waals surface area contributed by atoms with Gasteiger partial charge in [-0.05, 0) is 44.5 Å². The molecule has 0 aliphatic rings. The van der Waals surface area contributed by atoms with Crippen LogP contribution < -0.4 is 5.32 Å². The van der Waals surface area contributed by atoms with Crippen molar-refractivity contribution in [2.24, 2.45) is 0 Å². The Morgan fingerprint density at radius 2 is 1.94 bits per heavy atom. The number of rotatable bonds is 9. The summed E-state index contributed by atoms with van der Waals surface area (Å²) in [6, 6.07) is 9.28. The van der Waals surface area contributed by atoms with Gasteiger partial charge in [0.05, 0.1) is 6.61 Å². The van der Waals surface area contributed by atoms with E-state index in [4.69, 9.17) is 4.74 Å². The van der Waals surface area contributed by atoms with E-state index >= 15 is 0 Å². The molecule has 0 aromatic heterocycles. The molecule has 0 fully saturated rings. The van der Waals surface area contributed by atoms with E-state index in [2.05, 4.69) is 43.4 Å². The van der Waals surface area contributed by atoms with Crippen molar-refractivity contribution in [1.82, 2.24) is 5.32 Å². The Labute approximate surface area is 116 Å². The fraction of sp³-hybridized carbons (Fsp3) is 0.600. The molecule has 1 aromatic rings. The zero-order valence-corrected chi connectivity index (χ0v) is 12.6. The van der Waals surface area contributed by atoms with Gasteiger partial charge in [-0.1, -0.05) is 19.1 Å². The van der Waals surface area contributed by atoms with E-state index < -0.39 is 0 Å². The molecule has 1 N–H and O–H groups in total. The number of thioether (sulfide) groups is 1. The van der Waals surface area contributed by atoms with Crippen LogP contribution in [0.4, 0.5) is 0 Å². The molecular formula is C15H25NOS. The Morgan fingerprint density at radius 1 is 1.22 bits per heavy atom. The molecule has 2 nitrogen and oxygen atoms in total. The topological polar surface area (TPSA) is 21.3 Å². The summed E-state index contributed by atoms with van der Waals surface area (Å²) in [5.41, 5.74) is 1.36. The van der Waals surface area contributed by atoms with E-state index in [1.54, 1.807) is 0 Å². The normalized spacial score (nSPS) is 12.6. The zero-order chi connectivity index (χ0) is 13.2. The molecule has 1 unspecified atom stereocenters. The van der Waals surface area contributed by atoms with Gasteiger partial charge in [-0.25, -0.2) is 0 Å². The third-order valence-electron chi connectivity index (χ3n) is 2.78. The van der Waals surface area contributed by atoms with Gasteiger partial charge in [0.15, 0.2) is 0 Å². The predicted molar refractivity (Wildman–Crippen MR) is 80.4 cm³/mol. The maximum Gasteiger partial charge on any atom is 0.0560 e. The monoisotopic (exact) mass is 267 g/mol. The van der Waals surface area contributed by atoms with Crippen LogP contribution in [0.25, 0.3) is 0 Å². The van der Waals surface area contributed by atoms with Gasteiger partial charge < -0.3 is 10.1 Å². The molecule has 0 saturated heterocycles. The summed E-state index contributed by atoms with van der Waals surface area (Å²) in [6.45, 7) is 9.15. The molecular weight excluding hydrogens is 242 g/mol. The molecule has 0 aliphatic heterocycles. The summed E-state index contributed by atoms with van der Waals surface area (Å²) in [6.07, 6.45) is 1.18. The first-order chi connectivity index (χ1) is 8.77. The Morgan fingerprint density at radius 3 is 2.56 bits per heavy atom. The van der Waals surface area contributed by atoms with Crippen molar-refractivity contribution in [2.45, 2.75) is 38.1 Å². The summed E-state index contributed by atoms with van der Waals surface area (Å²) >= 11 is 1.85. The lowest BCUT2D eigenvalue weighted by molar-refractivity contribution is 0.164. The number of nitrogens with one attached hydrogen (secondary N) is 1. The largest absolute Gasteiger partial charge is 0.381 e. The maximum atomic E-state index is 5.33. The minimum Gasteiger partial charge on any atom is -0.381 e. The van der Waals surface area contributed by atoms with Gasteiger partial charge in [-0.15, -0.1) is 11.8 Å². The van der Waals surface area contributed by atoms with E-state index in [1.165, 1.54) is 16.9 Å². The average molecular weight is 267 g/mol. The Hall–Kier alpha value is -0.510. The fourth-order valence-electron chi connectivity index (χ4n) is 1.69. The standard InChI is InChI=1S/C15H25NOS/c1-4-10-16-13(3)14-6-8-15(9-7-14)18-12-11-17-5-2/h6-9,13,16H,4-5,10-12H2,1-3H3. The van der Waals surface area contributed by atoms with E-state index in [9.17, 15) is 0 Å². The SMILES string of the molecule is CCCNC(C)c1ccc(SCCOCC)cc1. The van der Waals surface area contributed by atoms with Gasteiger partial charge in [-0.2, -0.15) is 0 Å². The molecule has 0 bridgehead atoms. The van der Waals surface area contributed by atoms with Crippen LogP contribution in [0.5, 0.6) is 0 Å². The molecule has 18 heavy (non-hydrogen) atoms. The molecule has 0 amide bonds. The molecule has 1 aromatic carbocycles. The minimum absolute atomic E-state index is 0.437. The van der Waals surface area contributed by atoms with Crippen LogP contribution in [0.1, 0.15) is 38.8 Å². The number of benzene rings is 1. The average Bonchev–Trinajstić information content (AvgIpc) is 2.41. The summed E-state index contributed by atoms with van der Waals surface area (Å²) in [5.74, 6) is 1.02.